The number of non-ortho nitro benzene ring substituents is 1. The van der Waals surface area contributed by atoms with E-state index in [-0.39, 0.29) is 5.69 Å². The van der Waals surface area contributed by atoms with Crippen LogP contribution in [0.4, 0.5) is 5.69 Å². The fourth-order valence-electron chi connectivity index (χ4n) is 1.51. The van der Waals surface area contributed by atoms with E-state index in [1.807, 2.05) is 22.6 Å². The maximum Gasteiger partial charge on any atom is 0.295 e. The Balaban J connectivity index is 2.94. The monoisotopic (exact) mass is 348 g/mol. The first-order valence-electron chi connectivity index (χ1n) is 4.39. The third kappa shape index (κ3) is 1.84. The maximum atomic E-state index is 10.9. The van der Waals surface area contributed by atoms with Gasteiger partial charge in [-0.15, -0.1) is 0 Å². The number of nitro benzene ring substituents is 1. The molecule has 4 nitrogen and oxygen atoms in total. The molecule has 0 aliphatic heterocycles. The van der Waals surface area contributed by atoms with Gasteiger partial charge in [-0.2, -0.15) is 0 Å². The highest BCUT2D eigenvalue weighted by Gasteiger charge is 2.16. The number of hydrogen-bond acceptors (Lipinski definition) is 3. The minimum atomic E-state index is -0.439. The van der Waals surface area contributed by atoms with Gasteiger partial charge in [0.15, 0.2) is 0 Å². The molecular formula is C10H6ClIN2O2. The lowest BCUT2D eigenvalue weighted by Gasteiger charge is -2.04. The molecule has 1 aromatic heterocycles. The van der Waals surface area contributed by atoms with Crippen LogP contribution in [0.5, 0.6) is 0 Å². The smallest absolute Gasteiger partial charge is 0.258 e. The van der Waals surface area contributed by atoms with Gasteiger partial charge in [0, 0.05) is 17.6 Å². The van der Waals surface area contributed by atoms with Crippen molar-refractivity contribution in [1.29, 1.82) is 0 Å². The number of hydrogen-bond donors (Lipinski definition) is 0. The predicted molar refractivity (Wildman–Crippen MR) is 70.9 cm³/mol. The van der Waals surface area contributed by atoms with Crippen LogP contribution in [0, 0.1) is 20.6 Å². The van der Waals surface area contributed by atoms with Gasteiger partial charge in [0.05, 0.1) is 13.5 Å². The highest BCUT2D eigenvalue weighted by Crippen LogP contribution is 2.32. The van der Waals surface area contributed by atoms with Crippen molar-refractivity contribution in [1.82, 2.24) is 4.98 Å². The molecule has 0 fully saturated rings. The number of rotatable bonds is 1. The first-order valence-corrected chi connectivity index (χ1v) is 5.85. The average Bonchev–Trinajstić information content (AvgIpc) is 2.23. The summed E-state index contributed by atoms with van der Waals surface area (Å²) in [6, 6.07) is 3.30. The Morgan fingerprint density at radius 3 is 2.81 bits per heavy atom. The molecule has 0 atom stereocenters. The minimum Gasteiger partial charge on any atom is -0.258 e. The summed E-state index contributed by atoms with van der Waals surface area (Å²) in [7, 11) is 0. The van der Waals surface area contributed by atoms with E-state index in [0.717, 1.165) is 9.13 Å². The molecule has 16 heavy (non-hydrogen) atoms. The van der Waals surface area contributed by atoms with Gasteiger partial charge in [-0.05, 0) is 41.1 Å². The number of pyridine rings is 1. The second kappa shape index (κ2) is 4.14. The fraction of sp³-hybridized carbons (Fsp3) is 0.100. The number of benzene rings is 1. The number of halogens is 2. The summed E-state index contributed by atoms with van der Waals surface area (Å²) in [6.45, 7) is 1.79. The lowest BCUT2D eigenvalue weighted by Crippen LogP contribution is -1.94. The third-order valence-corrected chi connectivity index (χ3v) is 3.73. The molecule has 0 saturated carbocycles. The minimum absolute atomic E-state index is 0.00620. The Morgan fingerprint density at radius 1 is 1.50 bits per heavy atom. The van der Waals surface area contributed by atoms with Crippen LogP contribution in [0.1, 0.15) is 5.56 Å². The van der Waals surface area contributed by atoms with Crippen LogP contribution in [-0.2, 0) is 0 Å². The molecule has 0 amide bonds. The zero-order chi connectivity index (χ0) is 11.9. The van der Waals surface area contributed by atoms with Crippen molar-refractivity contribution in [3.63, 3.8) is 0 Å². The lowest BCUT2D eigenvalue weighted by atomic mass is 10.1. The quantitative estimate of drug-likeness (QED) is 0.448. The SMILES string of the molecule is Cc1cc([N+](=O)[O-])c2ncc(I)c(Cl)c2c1. The van der Waals surface area contributed by atoms with Crippen LogP contribution in [-0.4, -0.2) is 9.91 Å². The molecular weight excluding hydrogens is 342 g/mol. The third-order valence-electron chi connectivity index (χ3n) is 2.18. The number of fused-ring (bicyclic) bond motifs is 1. The summed E-state index contributed by atoms with van der Waals surface area (Å²) in [5.74, 6) is 0. The van der Waals surface area contributed by atoms with Gasteiger partial charge in [0.2, 0.25) is 0 Å². The van der Waals surface area contributed by atoms with Crippen molar-refractivity contribution < 1.29 is 4.92 Å². The van der Waals surface area contributed by atoms with Gasteiger partial charge >= 0.3 is 0 Å². The van der Waals surface area contributed by atoms with Crippen LogP contribution in [0.15, 0.2) is 18.3 Å². The van der Waals surface area contributed by atoms with Crippen molar-refractivity contribution in [3.8, 4) is 0 Å². The lowest BCUT2D eigenvalue weighted by molar-refractivity contribution is -0.383. The molecule has 0 spiro atoms. The number of aromatic nitrogens is 1. The Morgan fingerprint density at radius 2 is 2.19 bits per heavy atom. The van der Waals surface area contributed by atoms with Crippen LogP contribution < -0.4 is 0 Å². The first-order chi connectivity index (χ1) is 7.50. The summed E-state index contributed by atoms with van der Waals surface area (Å²) >= 11 is 8.15. The van der Waals surface area contributed by atoms with Crippen molar-refractivity contribution >= 4 is 50.8 Å². The van der Waals surface area contributed by atoms with Gasteiger partial charge in [0.1, 0.15) is 5.52 Å². The average molecular weight is 349 g/mol. The molecule has 0 bridgehead atoms. The molecule has 0 saturated heterocycles. The molecule has 0 unspecified atom stereocenters. The van der Waals surface area contributed by atoms with Crippen molar-refractivity contribution in [2.45, 2.75) is 6.92 Å². The van der Waals surface area contributed by atoms with Crippen LogP contribution in [0.25, 0.3) is 10.9 Å². The van der Waals surface area contributed by atoms with E-state index in [9.17, 15) is 10.1 Å². The first kappa shape index (κ1) is 11.5. The van der Waals surface area contributed by atoms with Crippen LogP contribution >= 0.6 is 34.2 Å². The topological polar surface area (TPSA) is 56.0 Å². The molecule has 2 aromatic rings. The van der Waals surface area contributed by atoms with Crippen molar-refractivity contribution in [2.75, 3.05) is 0 Å². The summed E-state index contributed by atoms with van der Waals surface area (Å²) in [6.07, 6.45) is 1.54. The number of aryl methyl sites for hydroxylation is 1. The van der Waals surface area contributed by atoms with Gasteiger partial charge in [-0.25, -0.2) is 4.98 Å². The fourth-order valence-corrected chi connectivity index (χ4v) is 2.13. The Kier molecular flexibility index (Phi) is 2.98. The molecule has 0 aliphatic rings. The van der Waals surface area contributed by atoms with E-state index >= 15 is 0 Å². The second-order valence-corrected chi connectivity index (χ2v) is 4.90. The molecule has 2 rings (SSSR count). The Hall–Kier alpha value is -0.950. The molecule has 1 heterocycles. The molecule has 82 valence electrons. The second-order valence-electron chi connectivity index (χ2n) is 3.36. The van der Waals surface area contributed by atoms with Gasteiger partial charge < -0.3 is 0 Å². The van der Waals surface area contributed by atoms with Gasteiger partial charge in [-0.1, -0.05) is 11.6 Å². The maximum absolute atomic E-state index is 10.9. The van der Waals surface area contributed by atoms with E-state index in [0.29, 0.717) is 15.9 Å². The van der Waals surface area contributed by atoms with Crippen molar-refractivity contribution in [2.24, 2.45) is 0 Å². The zero-order valence-electron chi connectivity index (χ0n) is 8.20. The van der Waals surface area contributed by atoms with Gasteiger partial charge in [-0.3, -0.25) is 10.1 Å². The highest BCUT2D eigenvalue weighted by molar-refractivity contribution is 14.1. The molecule has 6 heteroatoms. The largest absolute Gasteiger partial charge is 0.295 e. The van der Waals surface area contributed by atoms with E-state index in [4.69, 9.17) is 11.6 Å². The van der Waals surface area contributed by atoms with Gasteiger partial charge in [0.25, 0.3) is 5.69 Å². The summed E-state index contributed by atoms with van der Waals surface area (Å²) in [5.41, 5.74) is 1.12. The summed E-state index contributed by atoms with van der Waals surface area (Å²) in [5, 5.41) is 12.0. The summed E-state index contributed by atoms with van der Waals surface area (Å²) < 4.78 is 0.784. The van der Waals surface area contributed by atoms with E-state index in [1.54, 1.807) is 13.0 Å². The molecule has 0 radical (unpaired) electrons. The van der Waals surface area contributed by atoms with Crippen LogP contribution in [0.3, 0.4) is 0 Å². The van der Waals surface area contributed by atoms with E-state index in [2.05, 4.69) is 4.98 Å². The van der Waals surface area contributed by atoms with Crippen molar-refractivity contribution in [3.05, 3.63) is 42.6 Å². The summed E-state index contributed by atoms with van der Waals surface area (Å²) in [4.78, 5) is 14.5. The number of nitrogens with zero attached hydrogens (tertiary/aromatic N) is 2. The number of nitro groups is 1. The predicted octanol–water partition coefficient (Wildman–Crippen LogP) is 3.71. The normalized spacial score (nSPS) is 10.7. The van der Waals surface area contributed by atoms with Crippen LogP contribution in [0.2, 0.25) is 5.02 Å². The highest BCUT2D eigenvalue weighted by atomic mass is 127. The Bertz CT molecular complexity index is 601. The molecule has 0 aliphatic carbocycles. The van der Waals surface area contributed by atoms with E-state index in [1.165, 1.54) is 12.3 Å². The zero-order valence-corrected chi connectivity index (χ0v) is 11.1. The van der Waals surface area contributed by atoms with E-state index < -0.39 is 4.92 Å². The Labute approximate surface area is 110 Å². The molecule has 1 aromatic carbocycles. The standard InChI is InChI=1S/C10H6ClIN2O2/c1-5-2-6-9(11)7(12)4-13-10(6)8(3-5)14(15)16/h2-4H,1H3. The molecule has 0 N–H and O–H groups in total.